The zero-order chi connectivity index (χ0) is 21.7. The van der Waals surface area contributed by atoms with Gasteiger partial charge in [-0.25, -0.2) is 0 Å². The van der Waals surface area contributed by atoms with Gasteiger partial charge in [-0.3, -0.25) is 14.4 Å². The van der Waals surface area contributed by atoms with E-state index in [4.69, 9.17) is 0 Å². The first-order valence-corrected chi connectivity index (χ1v) is 11.0. The van der Waals surface area contributed by atoms with Crippen LogP contribution in [0.25, 0.3) is 0 Å². The molecule has 0 aromatic heterocycles. The Morgan fingerprint density at radius 2 is 1.73 bits per heavy atom. The minimum absolute atomic E-state index is 0.0329. The Kier molecular flexibility index (Phi) is 7.48. The highest BCUT2D eigenvalue weighted by Crippen LogP contribution is 2.20. The molecule has 3 N–H and O–H groups in total. The third-order valence-corrected chi connectivity index (χ3v) is 6.10. The van der Waals surface area contributed by atoms with Gasteiger partial charge in [0.1, 0.15) is 6.04 Å². The van der Waals surface area contributed by atoms with E-state index in [1.165, 1.54) is 0 Å². The van der Waals surface area contributed by atoms with Gasteiger partial charge in [-0.1, -0.05) is 31.5 Å². The predicted octanol–water partition coefficient (Wildman–Crippen LogP) is 2.06. The van der Waals surface area contributed by atoms with Crippen molar-refractivity contribution in [1.82, 2.24) is 15.5 Å². The van der Waals surface area contributed by atoms with Crippen molar-refractivity contribution in [2.24, 2.45) is 11.8 Å². The van der Waals surface area contributed by atoms with Crippen molar-refractivity contribution < 1.29 is 14.4 Å². The molecule has 0 radical (unpaired) electrons. The standard InChI is InChI=1S/C23H34N4O3/c1-15(2)20(22(29)25-18-8-6-16(3)7-9-18)26-21(28)17-10-13-27(14-11-17)23(30)19-5-4-12-24-19/h6-9,15,17,19-20,24H,4-5,10-14H2,1-3H3,(H,25,29)(H,26,28). The van der Waals surface area contributed by atoms with E-state index in [0.29, 0.717) is 25.9 Å². The Morgan fingerprint density at radius 3 is 2.30 bits per heavy atom. The summed E-state index contributed by atoms with van der Waals surface area (Å²) < 4.78 is 0. The third kappa shape index (κ3) is 5.59. The number of hydrogen-bond donors (Lipinski definition) is 3. The summed E-state index contributed by atoms with van der Waals surface area (Å²) in [5.41, 5.74) is 1.84. The highest BCUT2D eigenvalue weighted by Gasteiger charge is 2.33. The Hall–Kier alpha value is -2.41. The summed E-state index contributed by atoms with van der Waals surface area (Å²) in [5.74, 6) is -0.349. The maximum absolute atomic E-state index is 12.8. The molecule has 3 rings (SSSR count). The molecule has 2 aliphatic rings. The first-order chi connectivity index (χ1) is 14.3. The zero-order valence-electron chi connectivity index (χ0n) is 18.2. The number of likely N-dealkylation sites (tertiary alicyclic amines) is 1. The van der Waals surface area contributed by atoms with Crippen LogP contribution in [0.2, 0.25) is 0 Å². The number of nitrogens with one attached hydrogen (secondary N) is 3. The van der Waals surface area contributed by atoms with E-state index < -0.39 is 6.04 Å². The molecule has 164 valence electrons. The fourth-order valence-corrected chi connectivity index (χ4v) is 4.14. The first-order valence-electron chi connectivity index (χ1n) is 11.0. The Morgan fingerprint density at radius 1 is 1.07 bits per heavy atom. The molecule has 1 aromatic carbocycles. The molecular formula is C23H34N4O3. The van der Waals surface area contributed by atoms with Crippen LogP contribution in [0.3, 0.4) is 0 Å². The highest BCUT2D eigenvalue weighted by atomic mass is 16.2. The Balaban J connectivity index is 1.52. The molecule has 0 bridgehead atoms. The van der Waals surface area contributed by atoms with Crippen molar-refractivity contribution in [1.29, 1.82) is 0 Å². The van der Waals surface area contributed by atoms with Gasteiger partial charge in [-0.05, 0) is 57.2 Å². The lowest BCUT2D eigenvalue weighted by atomic mass is 9.94. The van der Waals surface area contributed by atoms with Crippen molar-refractivity contribution >= 4 is 23.4 Å². The lowest BCUT2D eigenvalue weighted by molar-refractivity contribution is -0.137. The van der Waals surface area contributed by atoms with Crippen molar-refractivity contribution in [3.8, 4) is 0 Å². The van der Waals surface area contributed by atoms with Gasteiger partial charge in [-0.2, -0.15) is 0 Å². The number of rotatable bonds is 6. The number of carbonyl (C=O) groups is 3. The summed E-state index contributed by atoms with van der Waals surface area (Å²) in [6.07, 6.45) is 3.20. The van der Waals surface area contributed by atoms with E-state index in [1.807, 2.05) is 49.9 Å². The van der Waals surface area contributed by atoms with Crippen molar-refractivity contribution in [3.05, 3.63) is 29.8 Å². The molecular weight excluding hydrogens is 380 g/mol. The second kappa shape index (κ2) is 10.1. The number of benzene rings is 1. The second-order valence-corrected chi connectivity index (χ2v) is 8.83. The summed E-state index contributed by atoms with van der Waals surface area (Å²) in [6, 6.07) is 6.94. The number of carbonyl (C=O) groups excluding carboxylic acids is 3. The largest absolute Gasteiger partial charge is 0.344 e. The van der Waals surface area contributed by atoms with Gasteiger partial charge < -0.3 is 20.9 Å². The Labute approximate surface area is 179 Å². The number of hydrogen-bond acceptors (Lipinski definition) is 4. The maximum atomic E-state index is 12.8. The van der Waals surface area contributed by atoms with Crippen LogP contribution in [0.5, 0.6) is 0 Å². The summed E-state index contributed by atoms with van der Waals surface area (Å²) >= 11 is 0. The molecule has 0 spiro atoms. The lowest BCUT2D eigenvalue weighted by Gasteiger charge is -2.34. The van der Waals surface area contributed by atoms with E-state index in [2.05, 4.69) is 16.0 Å². The van der Waals surface area contributed by atoms with Crippen molar-refractivity contribution in [2.75, 3.05) is 25.0 Å². The number of anilines is 1. The summed E-state index contributed by atoms with van der Waals surface area (Å²) in [5, 5.41) is 9.10. The van der Waals surface area contributed by atoms with Crippen LogP contribution in [0.4, 0.5) is 5.69 Å². The lowest BCUT2D eigenvalue weighted by Crippen LogP contribution is -2.52. The fourth-order valence-electron chi connectivity index (χ4n) is 4.14. The predicted molar refractivity (Wildman–Crippen MR) is 117 cm³/mol. The van der Waals surface area contributed by atoms with Gasteiger partial charge in [0.25, 0.3) is 0 Å². The van der Waals surface area contributed by atoms with E-state index >= 15 is 0 Å². The fraction of sp³-hybridized carbons (Fsp3) is 0.609. The number of piperidine rings is 1. The summed E-state index contributed by atoms with van der Waals surface area (Å²) in [7, 11) is 0. The molecule has 0 aliphatic carbocycles. The van der Waals surface area contributed by atoms with Crippen LogP contribution in [0.1, 0.15) is 45.1 Å². The molecule has 2 unspecified atom stereocenters. The second-order valence-electron chi connectivity index (χ2n) is 8.83. The van der Waals surface area contributed by atoms with Crippen LogP contribution in [0, 0.1) is 18.8 Å². The monoisotopic (exact) mass is 414 g/mol. The van der Waals surface area contributed by atoms with Gasteiger partial charge >= 0.3 is 0 Å². The van der Waals surface area contributed by atoms with Gasteiger partial charge in [0.15, 0.2) is 0 Å². The molecule has 2 saturated heterocycles. The summed E-state index contributed by atoms with van der Waals surface area (Å²) in [4.78, 5) is 40.0. The molecule has 7 heteroatoms. The van der Waals surface area contributed by atoms with Crippen molar-refractivity contribution in [2.45, 2.75) is 58.5 Å². The van der Waals surface area contributed by atoms with Crippen molar-refractivity contribution in [3.63, 3.8) is 0 Å². The first kappa shape index (κ1) is 22.3. The molecule has 3 amide bonds. The number of aryl methyl sites for hydroxylation is 1. The average molecular weight is 415 g/mol. The van der Waals surface area contributed by atoms with Crippen LogP contribution in [0.15, 0.2) is 24.3 Å². The van der Waals surface area contributed by atoms with Crippen LogP contribution < -0.4 is 16.0 Å². The highest BCUT2D eigenvalue weighted by molar-refractivity contribution is 5.97. The maximum Gasteiger partial charge on any atom is 0.247 e. The SMILES string of the molecule is Cc1ccc(NC(=O)C(NC(=O)C2CCN(C(=O)C3CCCN3)CC2)C(C)C)cc1. The van der Waals surface area contributed by atoms with Gasteiger partial charge in [0.05, 0.1) is 6.04 Å². The normalized spacial score (nSPS) is 20.8. The topological polar surface area (TPSA) is 90.5 Å². The molecule has 7 nitrogen and oxygen atoms in total. The summed E-state index contributed by atoms with van der Waals surface area (Å²) in [6.45, 7) is 7.93. The van der Waals surface area contributed by atoms with E-state index in [-0.39, 0.29) is 35.6 Å². The van der Waals surface area contributed by atoms with E-state index in [9.17, 15) is 14.4 Å². The molecule has 0 saturated carbocycles. The van der Waals surface area contributed by atoms with Gasteiger partial charge in [0.2, 0.25) is 17.7 Å². The van der Waals surface area contributed by atoms with Gasteiger partial charge in [-0.15, -0.1) is 0 Å². The molecule has 2 fully saturated rings. The van der Waals surface area contributed by atoms with E-state index in [0.717, 1.165) is 30.6 Å². The number of amides is 3. The zero-order valence-corrected chi connectivity index (χ0v) is 18.2. The van der Waals surface area contributed by atoms with E-state index in [1.54, 1.807) is 0 Å². The van der Waals surface area contributed by atoms with Crippen LogP contribution >= 0.6 is 0 Å². The third-order valence-electron chi connectivity index (χ3n) is 6.10. The molecule has 1 aromatic rings. The quantitative estimate of drug-likeness (QED) is 0.665. The molecule has 2 atom stereocenters. The smallest absolute Gasteiger partial charge is 0.247 e. The molecule has 30 heavy (non-hydrogen) atoms. The van der Waals surface area contributed by atoms with Crippen LogP contribution in [-0.2, 0) is 14.4 Å². The minimum atomic E-state index is -0.596. The number of nitrogens with zero attached hydrogens (tertiary/aromatic N) is 1. The molecule has 2 aliphatic heterocycles. The Bertz CT molecular complexity index is 748. The van der Waals surface area contributed by atoms with Crippen LogP contribution in [-0.4, -0.2) is 54.3 Å². The average Bonchev–Trinajstić information content (AvgIpc) is 3.27. The molecule has 2 heterocycles. The minimum Gasteiger partial charge on any atom is -0.344 e. The van der Waals surface area contributed by atoms with Gasteiger partial charge in [0, 0.05) is 24.7 Å².